The molecule has 0 bridgehead atoms. The number of H-pyrrole nitrogens is 1. The van der Waals surface area contributed by atoms with E-state index in [2.05, 4.69) is 54.3 Å². The van der Waals surface area contributed by atoms with Crippen LogP contribution < -0.4 is 4.74 Å². The average molecular weight is 398 g/mol. The molecule has 0 aliphatic heterocycles. The summed E-state index contributed by atoms with van der Waals surface area (Å²) >= 11 is 0. The van der Waals surface area contributed by atoms with Gasteiger partial charge < -0.3 is 24.8 Å². The van der Waals surface area contributed by atoms with E-state index in [1.54, 1.807) is 0 Å². The lowest BCUT2D eigenvalue weighted by Crippen LogP contribution is -2.20. The van der Waals surface area contributed by atoms with Crippen LogP contribution in [0.4, 0.5) is 0 Å². The zero-order valence-corrected chi connectivity index (χ0v) is 16.6. The molecule has 0 unspecified atom stereocenters. The summed E-state index contributed by atoms with van der Waals surface area (Å²) in [6.07, 6.45) is 3.17. The van der Waals surface area contributed by atoms with Crippen molar-refractivity contribution in [1.82, 2.24) is 9.88 Å². The third kappa shape index (κ3) is 6.97. The molecule has 2 aromatic carbocycles. The second kappa shape index (κ2) is 10.9. The van der Waals surface area contributed by atoms with Crippen LogP contribution in [0, 0.1) is 0 Å². The van der Waals surface area contributed by atoms with Crippen LogP contribution in [0.15, 0.2) is 54.7 Å². The van der Waals surface area contributed by atoms with E-state index in [1.165, 1.54) is 22.0 Å². The molecule has 1 heterocycles. The Balaban J connectivity index is 0.000000438. The number of hydrogen-bond acceptors (Lipinski definition) is 4. The number of likely N-dealkylation sites (N-methyl/N-ethyl adjacent to an activating group) is 1. The van der Waals surface area contributed by atoms with Crippen molar-refractivity contribution >= 4 is 22.8 Å². The average Bonchev–Trinajstić information content (AvgIpc) is 3.14. The number of carbonyl (C=O) groups is 2. The topological polar surface area (TPSA) is 103 Å². The molecule has 7 nitrogen and oxygen atoms in total. The maximum absolute atomic E-state index is 9.10. The molecule has 0 spiro atoms. The number of aliphatic carboxylic acids is 2. The molecule has 0 saturated carbocycles. The van der Waals surface area contributed by atoms with Gasteiger partial charge in [0.25, 0.3) is 0 Å². The number of benzene rings is 2. The fourth-order valence-corrected chi connectivity index (χ4v) is 2.66. The van der Waals surface area contributed by atoms with Gasteiger partial charge in [-0.1, -0.05) is 37.3 Å². The van der Waals surface area contributed by atoms with E-state index in [1.807, 2.05) is 24.3 Å². The van der Waals surface area contributed by atoms with Gasteiger partial charge in [-0.2, -0.15) is 0 Å². The number of ether oxygens (including phenoxy) is 1. The van der Waals surface area contributed by atoms with Gasteiger partial charge in [0.15, 0.2) is 0 Å². The molecular weight excluding hydrogens is 372 g/mol. The van der Waals surface area contributed by atoms with E-state index in [4.69, 9.17) is 24.5 Å². The van der Waals surface area contributed by atoms with Crippen LogP contribution in [0.5, 0.6) is 5.75 Å². The van der Waals surface area contributed by atoms with E-state index >= 15 is 0 Å². The van der Waals surface area contributed by atoms with Crippen LogP contribution in [0.3, 0.4) is 0 Å². The predicted octanol–water partition coefficient (Wildman–Crippen LogP) is 3.40. The van der Waals surface area contributed by atoms with E-state index < -0.39 is 11.9 Å². The van der Waals surface area contributed by atoms with Crippen molar-refractivity contribution in [3.05, 3.63) is 65.9 Å². The maximum atomic E-state index is 9.10. The summed E-state index contributed by atoms with van der Waals surface area (Å²) in [5.74, 6) is -2.73. The van der Waals surface area contributed by atoms with Crippen LogP contribution in [0.1, 0.15) is 18.1 Å². The molecule has 29 heavy (non-hydrogen) atoms. The van der Waals surface area contributed by atoms with Gasteiger partial charge in [0.1, 0.15) is 12.4 Å². The lowest BCUT2D eigenvalue weighted by Gasteiger charge is -2.13. The lowest BCUT2D eigenvalue weighted by molar-refractivity contribution is -0.159. The number of nitrogens with zero attached hydrogens (tertiary/aromatic N) is 1. The van der Waals surface area contributed by atoms with Crippen molar-refractivity contribution in [2.45, 2.75) is 20.0 Å². The third-order valence-electron chi connectivity index (χ3n) is 4.47. The molecule has 0 fully saturated rings. The maximum Gasteiger partial charge on any atom is 0.414 e. The summed E-state index contributed by atoms with van der Waals surface area (Å²) < 4.78 is 5.95. The minimum Gasteiger partial charge on any atom is -0.489 e. The van der Waals surface area contributed by atoms with Crippen molar-refractivity contribution in [3.8, 4) is 5.75 Å². The lowest BCUT2D eigenvalue weighted by atomic mass is 10.1. The van der Waals surface area contributed by atoms with Gasteiger partial charge in [-0.3, -0.25) is 0 Å². The molecule has 3 aromatic rings. The Morgan fingerprint density at radius 1 is 1.07 bits per heavy atom. The predicted molar refractivity (Wildman–Crippen MR) is 111 cm³/mol. The molecular formula is C22H26N2O5. The van der Waals surface area contributed by atoms with Gasteiger partial charge in [0.05, 0.1) is 0 Å². The van der Waals surface area contributed by atoms with E-state index in [0.29, 0.717) is 6.61 Å². The zero-order valence-electron chi connectivity index (χ0n) is 16.6. The van der Waals surface area contributed by atoms with E-state index in [9.17, 15) is 0 Å². The van der Waals surface area contributed by atoms with Crippen LogP contribution in [-0.2, 0) is 22.6 Å². The summed E-state index contributed by atoms with van der Waals surface area (Å²) in [5, 5.41) is 16.0. The van der Waals surface area contributed by atoms with Gasteiger partial charge >= 0.3 is 11.9 Å². The Hall–Kier alpha value is -3.32. The molecule has 0 aliphatic rings. The highest BCUT2D eigenvalue weighted by molar-refractivity contribution is 6.27. The molecule has 1 aromatic heterocycles. The van der Waals surface area contributed by atoms with E-state index in [0.717, 1.165) is 25.3 Å². The molecule has 0 aliphatic carbocycles. The Morgan fingerprint density at radius 3 is 2.38 bits per heavy atom. The first-order chi connectivity index (χ1) is 13.9. The quantitative estimate of drug-likeness (QED) is 0.527. The fourth-order valence-electron chi connectivity index (χ4n) is 2.66. The summed E-state index contributed by atoms with van der Waals surface area (Å²) in [4.78, 5) is 23.9. The molecule has 0 amide bonds. The Morgan fingerprint density at radius 2 is 1.76 bits per heavy atom. The van der Waals surface area contributed by atoms with Gasteiger partial charge in [-0.25, -0.2) is 9.59 Å². The van der Waals surface area contributed by atoms with Crippen LogP contribution in [0.25, 0.3) is 10.9 Å². The Bertz CT molecular complexity index is 925. The molecule has 0 radical (unpaired) electrons. The smallest absolute Gasteiger partial charge is 0.414 e. The second-order valence-corrected chi connectivity index (χ2v) is 6.55. The second-order valence-electron chi connectivity index (χ2n) is 6.55. The standard InChI is InChI=1S/C20H24N2O.C2H2O4/c1-3-22(2)12-11-17-14-21-20-10-9-18(13-19(17)20)23-15-16-7-5-4-6-8-16;3-1(4)2(5)6/h4-10,13-14,21H,3,11-12,15H2,1-2H3;(H,3,4)(H,5,6). The number of carboxylic acid groups (broad SMARTS) is 2. The van der Waals surface area contributed by atoms with Crippen LogP contribution >= 0.6 is 0 Å². The Kier molecular flexibility index (Phi) is 8.24. The first-order valence-corrected chi connectivity index (χ1v) is 9.32. The normalized spacial score (nSPS) is 10.4. The minimum atomic E-state index is -1.82. The fraction of sp³-hybridized carbons (Fsp3) is 0.273. The van der Waals surface area contributed by atoms with E-state index in [-0.39, 0.29) is 0 Å². The molecule has 154 valence electrons. The van der Waals surface area contributed by atoms with Gasteiger partial charge in [0, 0.05) is 23.6 Å². The van der Waals surface area contributed by atoms with Crippen molar-refractivity contribution in [1.29, 1.82) is 0 Å². The number of hydrogen-bond donors (Lipinski definition) is 3. The highest BCUT2D eigenvalue weighted by Gasteiger charge is 2.07. The first-order valence-electron chi connectivity index (χ1n) is 9.32. The zero-order chi connectivity index (χ0) is 21.2. The number of aromatic amines is 1. The largest absolute Gasteiger partial charge is 0.489 e. The Labute approximate surface area is 169 Å². The van der Waals surface area contributed by atoms with Crippen molar-refractivity contribution in [3.63, 3.8) is 0 Å². The molecule has 0 saturated heterocycles. The number of rotatable bonds is 7. The van der Waals surface area contributed by atoms with Gasteiger partial charge in [0.2, 0.25) is 0 Å². The SMILES string of the molecule is CCN(C)CCc1c[nH]c2ccc(OCc3ccccc3)cc12.O=C(O)C(=O)O. The molecule has 0 atom stereocenters. The van der Waals surface area contributed by atoms with Crippen LogP contribution in [0.2, 0.25) is 0 Å². The highest BCUT2D eigenvalue weighted by atomic mass is 16.5. The molecule has 3 rings (SSSR count). The highest BCUT2D eigenvalue weighted by Crippen LogP contribution is 2.25. The van der Waals surface area contributed by atoms with Crippen molar-refractivity contribution < 1.29 is 24.5 Å². The van der Waals surface area contributed by atoms with Crippen molar-refractivity contribution in [2.24, 2.45) is 0 Å². The summed E-state index contributed by atoms with van der Waals surface area (Å²) in [6, 6.07) is 16.5. The van der Waals surface area contributed by atoms with Gasteiger partial charge in [-0.15, -0.1) is 0 Å². The molecule has 7 heteroatoms. The molecule has 3 N–H and O–H groups in total. The number of nitrogens with one attached hydrogen (secondary N) is 1. The summed E-state index contributed by atoms with van der Waals surface area (Å²) in [5.41, 5.74) is 3.71. The van der Waals surface area contributed by atoms with Crippen LogP contribution in [-0.4, -0.2) is 52.2 Å². The monoisotopic (exact) mass is 398 g/mol. The summed E-state index contributed by atoms with van der Waals surface area (Å²) in [7, 11) is 2.16. The number of carboxylic acids is 2. The number of fused-ring (bicyclic) bond motifs is 1. The minimum absolute atomic E-state index is 0.602. The van der Waals surface area contributed by atoms with Gasteiger partial charge in [-0.05, 0) is 49.3 Å². The van der Waals surface area contributed by atoms with Crippen molar-refractivity contribution in [2.75, 3.05) is 20.1 Å². The summed E-state index contributed by atoms with van der Waals surface area (Å²) in [6.45, 7) is 4.93. The first kappa shape index (κ1) is 22.0. The third-order valence-corrected chi connectivity index (χ3v) is 4.47. The number of aromatic nitrogens is 1.